The second kappa shape index (κ2) is 14.5. The van der Waals surface area contributed by atoms with Crippen LogP contribution in [0.2, 0.25) is 0 Å². The minimum absolute atomic E-state index is 0.321. The maximum absolute atomic E-state index is 6.33. The molecule has 0 fully saturated rings. The molecule has 6 nitrogen and oxygen atoms in total. The summed E-state index contributed by atoms with van der Waals surface area (Å²) in [4.78, 5) is 9.22. The van der Waals surface area contributed by atoms with Gasteiger partial charge in [-0.05, 0) is 12.0 Å². The molecular weight excluding hydrogens is 700 g/mol. The predicted molar refractivity (Wildman–Crippen MR) is 204 cm³/mol. The fourth-order valence-corrected chi connectivity index (χ4v) is 14.7. The van der Waals surface area contributed by atoms with Crippen molar-refractivity contribution in [3.05, 3.63) is 157 Å². The van der Waals surface area contributed by atoms with Crippen LogP contribution in [0.25, 0.3) is 0 Å². The monoisotopic (exact) mass is 739 g/mol. The van der Waals surface area contributed by atoms with Crippen LogP contribution in [0.15, 0.2) is 156 Å². The molecule has 1 aliphatic rings. The van der Waals surface area contributed by atoms with E-state index < -0.39 is 4.25 Å². The van der Waals surface area contributed by atoms with Crippen LogP contribution < -0.4 is 37.0 Å². The minimum Gasteiger partial charge on any atom is -0.0622 e. The van der Waals surface area contributed by atoms with Crippen LogP contribution in [0.4, 0.5) is 0 Å². The van der Waals surface area contributed by atoms with E-state index in [0.717, 1.165) is 30.3 Å². The number of hydrogen-bond acceptors (Lipinski definition) is 4. The number of nitrogens with two attached hydrogens (primary N) is 1. The summed E-state index contributed by atoms with van der Waals surface area (Å²) in [5.41, 5.74) is 8.35. The molecular formula is C38H39IN5OP. The molecule has 0 amide bonds. The first kappa shape index (κ1) is 31.8. The molecule has 1 heterocycles. The first-order chi connectivity index (χ1) is 22.5. The molecule has 46 heavy (non-hydrogen) atoms. The molecule has 6 rings (SSSR count). The Kier molecular flexibility index (Phi) is 10.0. The number of nitrogens with zero attached hydrogens (tertiary/aromatic N) is 2. The Morgan fingerprint density at radius 1 is 0.717 bits per heavy atom. The Balaban J connectivity index is 1.13. The zero-order valence-corrected chi connectivity index (χ0v) is 28.7. The van der Waals surface area contributed by atoms with E-state index in [1.54, 1.807) is 0 Å². The van der Waals surface area contributed by atoms with Gasteiger partial charge < -0.3 is 0 Å². The summed E-state index contributed by atoms with van der Waals surface area (Å²) in [6, 6.07) is 51.5. The Labute approximate surface area is 284 Å². The van der Waals surface area contributed by atoms with Crippen LogP contribution in [0.1, 0.15) is 23.7 Å². The molecule has 234 valence electrons. The second-order valence-corrected chi connectivity index (χ2v) is 22.1. The fourth-order valence-electron chi connectivity index (χ4n) is 6.02. The van der Waals surface area contributed by atoms with Crippen molar-refractivity contribution in [1.29, 1.82) is 0 Å². The number of aliphatic imine (C=N–C) groups is 2. The van der Waals surface area contributed by atoms with Crippen LogP contribution >= 0.6 is 26.3 Å². The molecule has 5 aromatic rings. The third kappa shape index (κ3) is 6.96. The van der Waals surface area contributed by atoms with Crippen molar-refractivity contribution in [2.24, 2.45) is 15.7 Å². The quantitative estimate of drug-likeness (QED) is 0.0782. The van der Waals surface area contributed by atoms with Gasteiger partial charge in [-0.1, -0.05) is 30.3 Å². The fraction of sp³-hybridized carbons (Fsp3) is 0.158. The van der Waals surface area contributed by atoms with E-state index in [9.17, 15) is 0 Å². The molecule has 8 heteroatoms. The molecule has 0 bridgehead atoms. The average molecular weight is 740 g/mol. The van der Waals surface area contributed by atoms with Crippen LogP contribution in [0, 0.1) is 0 Å². The van der Waals surface area contributed by atoms with Crippen molar-refractivity contribution in [2.45, 2.75) is 19.0 Å². The summed E-state index contributed by atoms with van der Waals surface area (Å²) in [5, 5.41) is 10.6. The Hall–Kier alpha value is -4.20. The molecule has 0 aliphatic carbocycles. The van der Waals surface area contributed by atoms with Gasteiger partial charge in [-0.2, -0.15) is 0 Å². The van der Waals surface area contributed by atoms with Gasteiger partial charge in [0.2, 0.25) is 0 Å². The molecule has 4 N–H and O–H groups in total. The number of ether oxygens (including phenoxy) is 1. The van der Waals surface area contributed by atoms with Gasteiger partial charge in [0.1, 0.15) is 0 Å². The van der Waals surface area contributed by atoms with E-state index in [1.165, 1.54) is 21.5 Å². The van der Waals surface area contributed by atoms with Gasteiger partial charge in [0.15, 0.2) is 0 Å². The van der Waals surface area contributed by atoms with E-state index >= 15 is 0 Å². The number of hydrogen-bond donors (Lipinski definition) is 3. The zero-order valence-electron chi connectivity index (χ0n) is 25.7. The van der Waals surface area contributed by atoms with Crippen LogP contribution in [0.5, 0.6) is 5.75 Å². The first-order valence-corrected chi connectivity index (χ1v) is 20.8. The SMILES string of the molecule is NC1=NC(c2ccc(OCCCP(I)(c3ccccc3)(c3ccccc3)c3ccccc3)cc2)NC(=NCCc2ccccc2)N1. The molecule has 1 unspecified atom stereocenters. The average Bonchev–Trinajstić information content (AvgIpc) is 3.12. The first-order valence-electron chi connectivity index (χ1n) is 15.6. The standard InChI is InChI=1S/C38H39IN5OP/c39-46(33-16-7-2-8-17-33,34-18-9-3-10-19-34,35-20-11-4-12-21-35)29-13-28-45-32-24-22-31(23-25-32)36-42-37(40)44-38(43-36)41-27-26-30-14-5-1-6-15-30/h1-12,14-25,36H,13,26-29H2,(H4,40,41,42,43,44). The third-order valence-corrected chi connectivity index (χ3v) is 20.1. The normalized spacial score (nSPS) is 16.4. The van der Waals surface area contributed by atoms with E-state index in [2.05, 4.69) is 146 Å². The summed E-state index contributed by atoms with van der Waals surface area (Å²) >= 11 is 2.83. The van der Waals surface area contributed by atoms with Gasteiger partial charge in [-0.15, -0.1) is 0 Å². The molecule has 0 saturated carbocycles. The molecule has 0 aromatic heterocycles. The smallest absolute Gasteiger partial charge is 0.0622 e. The van der Waals surface area contributed by atoms with Crippen molar-refractivity contribution >= 4 is 54.1 Å². The Morgan fingerprint density at radius 3 is 1.78 bits per heavy atom. The second-order valence-electron chi connectivity index (χ2n) is 11.3. The summed E-state index contributed by atoms with van der Waals surface area (Å²) in [6.45, 7) is 1.26. The van der Waals surface area contributed by atoms with Crippen molar-refractivity contribution in [1.82, 2.24) is 10.6 Å². The van der Waals surface area contributed by atoms with Gasteiger partial charge in [0, 0.05) is 6.54 Å². The van der Waals surface area contributed by atoms with E-state index in [4.69, 9.17) is 10.5 Å². The molecule has 1 atom stereocenters. The third-order valence-electron chi connectivity index (χ3n) is 8.37. The van der Waals surface area contributed by atoms with Crippen molar-refractivity contribution < 1.29 is 4.74 Å². The van der Waals surface area contributed by atoms with Crippen molar-refractivity contribution in [3.63, 3.8) is 0 Å². The predicted octanol–water partition coefficient (Wildman–Crippen LogP) is 6.44. The van der Waals surface area contributed by atoms with Gasteiger partial charge in [-0.25, -0.2) is 0 Å². The van der Waals surface area contributed by atoms with Crippen LogP contribution in [-0.4, -0.2) is 31.2 Å². The van der Waals surface area contributed by atoms with Gasteiger partial charge >= 0.3 is 237 Å². The number of guanidine groups is 2. The topological polar surface area (TPSA) is 84.0 Å². The number of rotatable bonds is 12. The summed E-state index contributed by atoms with van der Waals surface area (Å²) in [7, 11) is 0. The summed E-state index contributed by atoms with van der Waals surface area (Å²) in [6.07, 6.45) is 2.42. The van der Waals surface area contributed by atoms with Gasteiger partial charge in [-0.3, -0.25) is 0 Å². The Morgan fingerprint density at radius 2 is 1.24 bits per heavy atom. The summed E-state index contributed by atoms with van der Waals surface area (Å²) < 4.78 is 3.52. The number of nitrogens with one attached hydrogen (secondary N) is 2. The Bertz CT molecular complexity index is 1670. The maximum atomic E-state index is 6.33. The van der Waals surface area contributed by atoms with E-state index in [1.807, 2.05) is 42.5 Å². The van der Waals surface area contributed by atoms with Gasteiger partial charge in [0.05, 0.1) is 0 Å². The summed E-state index contributed by atoms with van der Waals surface area (Å²) in [5.74, 6) is 1.81. The van der Waals surface area contributed by atoms with Crippen LogP contribution in [-0.2, 0) is 6.42 Å². The molecule has 1 aliphatic heterocycles. The van der Waals surface area contributed by atoms with E-state index in [0.29, 0.717) is 25.1 Å². The molecule has 0 radical (unpaired) electrons. The number of halogens is 1. The van der Waals surface area contributed by atoms with Gasteiger partial charge in [0.25, 0.3) is 0 Å². The van der Waals surface area contributed by atoms with Crippen LogP contribution in [0.3, 0.4) is 0 Å². The molecule has 5 aromatic carbocycles. The van der Waals surface area contributed by atoms with Crippen molar-refractivity contribution in [3.8, 4) is 5.75 Å². The van der Waals surface area contributed by atoms with Crippen molar-refractivity contribution in [2.75, 3.05) is 19.3 Å². The zero-order chi connectivity index (χ0) is 31.7. The molecule has 0 saturated heterocycles. The number of benzene rings is 5. The minimum atomic E-state index is -2.82. The molecule has 0 spiro atoms. The van der Waals surface area contributed by atoms with E-state index in [-0.39, 0.29) is 6.17 Å².